The van der Waals surface area contributed by atoms with E-state index in [-0.39, 0.29) is 16.9 Å². The average molecular weight is 327 g/mol. The molecule has 0 radical (unpaired) electrons. The third kappa shape index (κ3) is 3.47. The van der Waals surface area contributed by atoms with Gasteiger partial charge in [0, 0.05) is 29.8 Å². The Bertz CT molecular complexity index is 512. The number of carbonyl (C=O) groups excluding carboxylic acids is 1. The van der Waals surface area contributed by atoms with E-state index in [1.54, 1.807) is 6.92 Å². The van der Waals surface area contributed by atoms with Crippen LogP contribution in [0.3, 0.4) is 0 Å². The van der Waals surface area contributed by atoms with Gasteiger partial charge in [0.05, 0.1) is 0 Å². The van der Waals surface area contributed by atoms with E-state index in [0.29, 0.717) is 18.4 Å². The zero-order valence-corrected chi connectivity index (χ0v) is 12.6. The van der Waals surface area contributed by atoms with Crippen LogP contribution < -0.4 is 10.7 Å². The van der Waals surface area contributed by atoms with Crippen LogP contribution in [-0.4, -0.2) is 22.8 Å². The van der Waals surface area contributed by atoms with E-state index in [2.05, 4.69) is 26.2 Å². The van der Waals surface area contributed by atoms with Crippen LogP contribution in [0.1, 0.15) is 35.3 Å². The SMILES string of the molecule is Cc1cc(=O)c(C(=O)NCC2CCCC2CBr)c[nH]1. The molecule has 1 fully saturated rings. The normalized spacial score (nSPS) is 22.4. The van der Waals surface area contributed by atoms with Gasteiger partial charge in [0.25, 0.3) is 5.91 Å². The maximum atomic E-state index is 12.0. The van der Waals surface area contributed by atoms with E-state index in [0.717, 1.165) is 17.4 Å². The van der Waals surface area contributed by atoms with Crippen LogP contribution in [-0.2, 0) is 0 Å². The lowest BCUT2D eigenvalue weighted by atomic mass is 9.98. The largest absolute Gasteiger partial charge is 0.364 e. The molecular weight excluding hydrogens is 308 g/mol. The van der Waals surface area contributed by atoms with Crippen molar-refractivity contribution < 1.29 is 4.79 Å². The van der Waals surface area contributed by atoms with E-state index >= 15 is 0 Å². The number of halogens is 1. The zero-order chi connectivity index (χ0) is 13.8. The molecular formula is C14H19BrN2O2. The van der Waals surface area contributed by atoms with Crippen molar-refractivity contribution in [3.05, 3.63) is 33.7 Å². The molecule has 1 aromatic heterocycles. The maximum Gasteiger partial charge on any atom is 0.256 e. The standard InChI is InChI=1S/C14H19BrN2O2/c1-9-5-13(18)12(8-16-9)14(19)17-7-11-4-2-3-10(11)6-15/h5,8,10-11H,2-4,6-7H2,1H3,(H,16,18)(H,17,19). The summed E-state index contributed by atoms with van der Waals surface area (Å²) in [5.41, 5.74) is 0.730. The number of aromatic amines is 1. The molecule has 0 bridgehead atoms. The summed E-state index contributed by atoms with van der Waals surface area (Å²) in [6.07, 6.45) is 5.09. The molecule has 1 amide bonds. The Morgan fingerprint density at radius 1 is 1.47 bits per heavy atom. The zero-order valence-electron chi connectivity index (χ0n) is 11.0. The number of alkyl halides is 1. The van der Waals surface area contributed by atoms with E-state index in [1.807, 2.05) is 0 Å². The molecule has 2 N–H and O–H groups in total. The molecule has 0 saturated heterocycles. The first-order valence-corrected chi connectivity index (χ1v) is 7.77. The summed E-state index contributed by atoms with van der Waals surface area (Å²) >= 11 is 3.52. The number of aromatic nitrogens is 1. The first-order chi connectivity index (χ1) is 9.11. The molecule has 2 rings (SSSR count). The van der Waals surface area contributed by atoms with Gasteiger partial charge in [0.15, 0.2) is 5.43 Å². The molecule has 104 valence electrons. The highest BCUT2D eigenvalue weighted by molar-refractivity contribution is 9.09. The van der Waals surface area contributed by atoms with E-state index in [9.17, 15) is 9.59 Å². The molecule has 1 aliphatic rings. The third-order valence-corrected chi connectivity index (χ3v) is 4.67. The molecule has 2 unspecified atom stereocenters. The number of nitrogens with one attached hydrogen (secondary N) is 2. The van der Waals surface area contributed by atoms with Crippen molar-refractivity contribution in [3.63, 3.8) is 0 Å². The second-order valence-corrected chi connectivity index (χ2v) is 5.86. The molecule has 0 aromatic carbocycles. The van der Waals surface area contributed by atoms with Crippen LogP contribution >= 0.6 is 15.9 Å². The Morgan fingerprint density at radius 2 is 2.21 bits per heavy atom. The van der Waals surface area contributed by atoms with Crippen molar-refractivity contribution in [1.29, 1.82) is 0 Å². The molecule has 2 atom stereocenters. The van der Waals surface area contributed by atoms with Crippen LogP contribution in [0.4, 0.5) is 0 Å². The highest BCUT2D eigenvalue weighted by atomic mass is 79.9. The maximum absolute atomic E-state index is 12.0. The summed E-state index contributed by atoms with van der Waals surface area (Å²) in [7, 11) is 0. The fourth-order valence-electron chi connectivity index (χ4n) is 2.66. The van der Waals surface area contributed by atoms with Crippen LogP contribution in [0.25, 0.3) is 0 Å². The Labute approximate surface area is 121 Å². The van der Waals surface area contributed by atoms with Crippen LogP contribution in [0.15, 0.2) is 17.1 Å². The van der Waals surface area contributed by atoms with Crippen molar-refractivity contribution in [2.75, 3.05) is 11.9 Å². The monoisotopic (exact) mass is 326 g/mol. The van der Waals surface area contributed by atoms with E-state index in [1.165, 1.54) is 25.1 Å². The quantitative estimate of drug-likeness (QED) is 0.833. The lowest BCUT2D eigenvalue weighted by molar-refractivity contribution is 0.0943. The molecule has 0 spiro atoms. The van der Waals surface area contributed by atoms with Crippen molar-refractivity contribution in [2.45, 2.75) is 26.2 Å². The van der Waals surface area contributed by atoms with Gasteiger partial charge in [-0.2, -0.15) is 0 Å². The van der Waals surface area contributed by atoms with Gasteiger partial charge < -0.3 is 10.3 Å². The minimum absolute atomic E-state index is 0.194. The smallest absolute Gasteiger partial charge is 0.256 e. The predicted molar refractivity (Wildman–Crippen MR) is 78.8 cm³/mol. The van der Waals surface area contributed by atoms with Gasteiger partial charge in [-0.25, -0.2) is 0 Å². The Hall–Kier alpha value is -1.10. The number of rotatable bonds is 4. The lowest BCUT2D eigenvalue weighted by Crippen LogP contribution is -2.34. The number of hydrogen-bond acceptors (Lipinski definition) is 2. The summed E-state index contributed by atoms with van der Waals surface area (Å²) in [6.45, 7) is 2.45. The van der Waals surface area contributed by atoms with E-state index < -0.39 is 0 Å². The van der Waals surface area contributed by atoms with Gasteiger partial charge in [-0.15, -0.1) is 0 Å². The second kappa shape index (κ2) is 6.37. The van der Waals surface area contributed by atoms with Crippen molar-refractivity contribution in [2.24, 2.45) is 11.8 Å². The highest BCUT2D eigenvalue weighted by Crippen LogP contribution is 2.32. The van der Waals surface area contributed by atoms with Crippen molar-refractivity contribution >= 4 is 21.8 Å². The Kier molecular flexibility index (Phi) is 4.80. The second-order valence-electron chi connectivity index (χ2n) is 5.21. The number of pyridine rings is 1. The fraction of sp³-hybridized carbons (Fsp3) is 0.571. The summed E-state index contributed by atoms with van der Waals surface area (Å²) in [6, 6.07) is 1.45. The number of amides is 1. The first-order valence-electron chi connectivity index (χ1n) is 6.65. The molecule has 19 heavy (non-hydrogen) atoms. The van der Waals surface area contributed by atoms with Gasteiger partial charge in [-0.05, 0) is 31.6 Å². The number of H-pyrrole nitrogens is 1. The number of carbonyl (C=O) groups is 1. The molecule has 1 heterocycles. The van der Waals surface area contributed by atoms with Crippen LogP contribution in [0.2, 0.25) is 0 Å². The van der Waals surface area contributed by atoms with Gasteiger partial charge in [0.1, 0.15) is 5.56 Å². The van der Waals surface area contributed by atoms with Crippen molar-refractivity contribution in [3.8, 4) is 0 Å². The van der Waals surface area contributed by atoms with Gasteiger partial charge in [-0.1, -0.05) is 22.4 Å². The third-order valence-electron chi connectivity index (χ3n) is 3.84. The van der Waals surface area contributed by atoms with Crippen LogP contribution in [0.5, 0.6) is 0 Å². The van der Waals surface area contributed by atoms with Crippen LogP contribution in [0, 0.1) is 18.8 Å². The number of aryl methyl sites for hydroxylation is 1. The Morgan fingerprint density at radius 3 is 2.89 bits per heavy atom. The summed E-state index contributed by atoms with van der Waals surface area (Å²) < 4.78 is 0. The molecule has 5 heteroatoms. The lowest BCUT2D eigenvalue weighted by Gasteiger charge is -2.17. The summed E-state index contributed by atoms with van der Waals surface area (Å²) in [5, 5.41) is 3.87. The minimum Gasteiger partial charge on any atom is -0.364 e. The summed E-state index contributed by atoms with van der Waals surface area (Å²) in [5.74, 6) is 0.880. The topological polar surface area (TPSA) is 62.0 Å². The number of hydrogen-bond donors (Lipinski definition) is 2. The molecule has 4 nitrogen and oxygen atoms in total. The molecule has 1 saturated carbocycles. The first kappa shape index (κ1) is 14.3. The van der Waals surface area contributed by atoms with Crippen molar-refractivity contribution in [1.82, 2.24) is 10.3 Å². The van der Waals surface area contributed by atoms with E-state index in [4.69, 9.17) is 0 Å². The molecule has 0 aliphatic heterocycles. The minimum atomic E-state index is -0.276. The van der Waals surface area contributed by atoms with Gasteiger partial charge >= 0.3 is 0 Å². The highest BCUT2D eigenvalue weighted by Gasteiger charge is 2.26. The summed E-state index contributed by atoms with van der Waals surface area (Å²) in [4.78, 5) is 26.6. The Balaban J connectivity index is 1.96. The predicted octanol–water partition coefficient (Wildman–Crippen LogP) is 2.22. The van der Waals surface area contributed by atoms with Gasteiger partial charge in [-0.3, -0.25) is 9.59 Å². The van der Waals surface area contributed by atoms with Gasteiger partial charge in [0.2, 0.25) is 0 Å². The molecule has 1 aliphatic carbocycles. The average Bonchev–Trinajstić information content (AvgIpc) is 2.83. The molecule has 1 aromatic rings. The fourth-order valence-corrected chi connectivity index (χ4v) is 3.51.